The maximum Gasteiger partial charge on any atom is 0.334 e. The standard InChI is InChI=1S/C24H37NO4/c1-18(2)12-21(13-19(3)4)10-11-22-14-24(16-25-27,29-23(22)26)17-28-15-20-8-6-5-7-9-20/h5-9,11,18-19,21,25,27H,10,12-17H2,1-4H3/b22-11+. The number of cyclic esters (lactones) is 1. The van der Waals surface area contributed by atoms with Crippen LogP contribution >= 0.6 is 0 Å². The van der Waals surface area contributed by atoms with E-state index in [-0.39, 0.29) is 19.1 Å². The van der Waals surface area contributed by atoms with Gasteiger partial charge in [-0.3, -0.25) is 0 Å². The van der Waals surface area contributed by atoms with Crippen molar-refractivity contribution in [3.8, 4) is 0 Å². The Morgan fingerprint density at radius 3 is 2.41 bits per heavy atom. The summed E-state index contributed by atoms with van der Waals surface area (Å²) in [6.07, 6.45) is 5.69. The van der Waals surface area contributed by atoms with E-state index in [1.54, 1.807) is 0 Å². The molecule has 29 heavy (non-hydrogen) atoms. The zero-order valence-corrected chi connectivity index (χ0v) is 18.3. The molecule has 0 amide bonds. The van der Waals surface area contributed by atoms with Crippen LogP contribution in [-0.4, -0.2) is 29.9 Å². The molecule has 0 spiro atoms. The van der Waals surface area contributed by atoms with Crippen LogP contribution in [0.5, 0.6) is 0 Å². The third kappa shape index (κ3) is 7.92. The van der Waals surface area contributed by atoms with Crippen molar-refractivity contribution >= 4 is 5.97 Å². The fourth-order valence-corrected chi connectivity index (χ4v) is 4.11. The van der Waals surface area contributed by atoms with E-state index in [2.05, 4.69) is 33.2 Å². The molecule has 2 rings (SSSR count). The molecule has 0 saturated carbocycles. The van der Waals surface area contributed by atoms with Gasteiger partial charge in [-0.1, -0.05) is 64.1 Å². The van der Waals surface area contributed by atoms with Gasteiger partial charge in [0.1, 0.15) is 0 Å². The third-order valence-corrected chi connectivity index (χ3v) is 5.27. The predicted octanol–water partition coefficient (Wildman–Crippen LogP) is 4.89. The molecule has 5 heteroatoms. The number of hydroxylamine groups is 1. The average Bonchev–Trinajstić information content (AvgIpc) is 2.95. The van der Waals surface area contributed by atoms with Crippen molar-refractivity contribution in [1.29, 1.82) is 0 Å². The van der Waals surface area contributed by atoms with Gasteiger partial charge in [0, 0.05) is 12.0 Å². The highest BCUT2D eigenvalue weighted by Crippen LogP contribution is 2.33. The Balaban J connectivity index is 1.99. The van der Waals surface area contributed by atoms with Crippen molar-refractivity contribution in [2.75, 3.05) is 13.2 Å². The normalized spacial score (nSPS) is 21.0. The molecule has 1 unspecified atom stereocenters. The highest BCUT2D eigenvalue weighted by Gasteiger charge is 2.43. The Bertz CT molecular complexity index is 646. The SMILES string of the molecule is CC(C)CC(C/C=C1\CC(CNO)(COCc2ccccc2)OC1=O)CC(C)C. The number of rotatable bonds is 12. The Kier molecular flexibility index (Phi) is 9.34. The maximum atomic E-state index is 12.5. The number of allylic oxidation sites excluding steroid dienone is 1. The molecule has 1 heterocycles. The zero-order chi connectivity index (χ0) is 21.3. The lowest BCUT2D eigenvalue weighted by molar-refractivity contribution is -0.154. The van der Waals surface area contributed by atoms with E-state index < -0.39 is 5.60 Å². The summed E-state index contributed by atoms with van der Waals surface area (Å²) in [4.78, 5) is 12.5. The van der Waals surface area contributed by atoms with E-state index in [0.717, 1.165) is 24.8 Å². The topological polar surface area (TPSA) is 67.8 Å². The lowest BCUT2D eigenvalue weighted by Gasteiger charge is -2.26. The zero-order valence-electron chi connectivity index (χ0n) is 18.3. The molecule has 1 fully saturated rings. The summed E-state index contributed by atoms with van der Waals surface area (Å²) in [6.45, 7) is 9.79. The number of nitrogens with one attached hydrogen (secondary N) is 1. The maximum absolute atomic E-state index is 12.5. The molecule has 5 nitrogen and oxygen atoms in total. The number of carbonyl (C=O) groups is 1. The van der Waals surface area contributed by atoms with E-state index >= 15 is 0 Å². The molecule has 162 valence electrons. The molecule has 1 saturated heterocycles. The van der Waals surface area contributed by atoms with E-state index in [9.17, 15) is 10.0 Å². The first kappa shape index (κ1) is 23.6. The molecule has 0 radical (unpaired) electrons. The Morgan fingerprint density at radius 2 is 1.83 bits per heavy atom. The minimum atomic E-state index is -0.863. The number of benzene rings is 1. The second kappa shape index (κ2) is 11.5. The van der Waals surface area contributed by atoms with Crippen LogP contribution in [0.2, 0.25) is 0 Å². The molecule has 0 bridgehead atoms. The van der Waals surface area contributed by atoms with Gasteiger partial charge in [-0.15, -0.1) is 0 Å². The fraction of sp³-hybridized carbons (Fsp3) is 0.625. The summed E-state index contributed by atoms with van der Waals surface area (Å²) in [5.74, 6) is 1.54. The molecule has 1 aromatic rings. The molecule has 2 N–H and O–H groups in total. The highest BCUT2D eigenvalue weighted by atomic mass is 16.6. The van der Waals surface area contributed by atoms with Gasteiger partial charge in [-0.25, -0.2) is 10.3 Å². The van der Waals surface area contributed by atoms with Crippen molar-refractivity contribution < 1.29 is 19.5 Å². The Hall–Kier alpha value is -1.69. The lowest BCUT2D eigenvalue weighted by atomic mass is 9.86. The largest absolute Gasteiger partial charge is 0.451 e. The van der Waals surface area contributed by atoms with Crippen molar-refractivity contribution in [1.82, 2.24) is 5.48 Å². The summed E-state index contributed by atoms with van der Waals surface area (Å²) in [5, 5.41) is 9.28. The second-order valence-corrected chi connectivity index (χ2v) is 9.15. The Labute approximate surface area is 175 Å². The number of hydrogen-bond acceptors (Lipinski definition) is 5. The number of hydrogen-bond donors (Lipinski definition) is 2. The van der Waals surface area contributed by atoms with Crippen LogP contribution in [0.25, 0.3) is 0 Å². The predicted molar refractivity (Wildman–Crippen MR) is 114 cm³/mol. The first-order valence-electron chi connectivity index (χ1n) is 10.7. The van der Waals surface area contributed by atoms with Gasteiger partial charge in [0.2, 0.25) is 0 Å². The highest BCUT2D eigenvalue weighted by molar-refractivity contribution is 5.91. The minimum absolute atomic E-state index is 0.145. The van der Waals surface area contributed by atoms with Gasteiger partial charge in [0.05, 0.1) is 19.8 Å². The summed E-state index contributed by atoms with van der Waals surface area (Å²) in [5.41, 5.74) is 3.07. The molecule has 1 atom stereocenters. The molecule has 1 aromatic carbocycles. The van der Waals surface area contributed by atoms with Gasteiger partial charge >= 0.3 is 5.97 Å². The van der Waals surface area contributed by atoms with Crippen molar-refractivity contribution in [3.63, 3.8) is 0 Å². The van der Waals surface area contributed by atoms with Crippen LogP contribution in [-0.2, 0) is 20.9 Å². The van der Waals surface area contributed by atoms with Crippen LogP contribution in [0.3, 0.4) is 0 Å². The summed E-state index contributed by atoms with van der Waals surface area (Å²) >= 11 is 0. The van der Waals surface area contributed by atoms with E-state index in [1.807, 2.05) is 36.4 Å². The van der Waals surface area contributed by atoms with Crippen LogP contribution < -0.4 is 5.48 Å². The van der Waals surface area contributed by atoms with Gasteiger partial charge in [0.25, 0.3) is 0 Å². The van der Waals surface area contributed by atoms with Gasteiger partial charge in [0.15, 0.2) is 5.60 Å². The first-order valence-corrected chi connectivity index (χ1v) is 10.7. The summed E-state index contributed by atoms with van der Waals surface area (Å²) < 4.78 is 11.5. The van der Waals surface area contributed by atoms with E-state index in [0.29, 0.717) is 36.4 Å². The smallest absolute Gasteiger partial charge is 0.334 e. The van der Waals surface area contributed by atoms with E-state index in [1.165, 1.54) is 0 Å². The van der Waals surface area contributed by atoms with Gasteiger partial charge in [-0.05, 0) is 42.6 Å². The quantitative estimate of drug-likeness (QED) is 0.295. The molecule has 1 aliphatic heterocycles. The summed E-state index contributed by atoms with van der Waals surface area (Å²) in [6, 6.07) is 9.87. The van der Waals surface area contributed by atoms with Gasteiger partial charge < -0.3 is 14.7 Å². The van der Waals surface area contributed by atoms with Crippen molar-refractivity contribution in [3.05, 3.63) is 47.5 Å². The Morgan fingerprint density at radius 1 is 1.17 bits per heavy atom. The van der Waals surface area contributed by atoms with Crippen LogP contribution in [0, 0.1) is 17.8 Å². The van der Waals surface area contributed by atoms with Gasteiger partial charge in [-0.2, -0.15) is 0 Å². The van der Waals surface area contributed by atoms with Crippen LogP contribution in [0.4, 0.5) is 0 Å². The number of carbonyl (C=O) groups excluding carboxylic acids is 1. The van der Waals surface area contributed by atoms with E-state index in [4.69, 9.17) is 9.47 Å². The third-order valence-electron chi connectivity index (χ3n) is 5.27. The lowest BCUT2D eigenvalue weighted by Crippen LogP contribution is -2.43. The molecular formula is C24H37NO4. The monoisotopic (exact) mass is 403 g/mol. The molecular weight excluding hydrogens is 366 g/mol. The molecule has 0 aliphatic carbocycles. The van der Waals surface area contributed by atoms with Crippen molar-refractivity contribution in [2.24, 2.45) is 17.8 Å². The fourth-order valence-electron chi connectivity index (χ4n) is 4.11. The summed E-state index contributed by atoms with van der Waals surface area (Å²) in [7, 11) is 0. The van der Waals surface area contributed by atoms with Crippen LogP contribution in [0.15, 0.2) is 42.0 Å². The number of ether oxygens (including phenoxy) is 2. The second-order valence-electron chi connectivity index (χ2n) is 9.15. The van der Waals surface area contributed by atoms with Crippen molar-refractivity contribution in [2.45, 2.75) is 65.6 Å². The average molecular weight is 404 g/mol. The molecule has 1 aliphatic rings. The number of esters is 1. The minimum Gasteiger partial charge on any atom is -0.451 e. The first-order chi connectivity index (χ1) is 13.8. The van der Waals surface area contributed by atoms with Crippen LogP contribution in [0.1, 0.15) is 58.9 Å². The molecule has 0 aromatic heterocycles.